The fourth-order valence-corrected chi connectivity index (χ4v) is 13.9. The summed E-state index contributed by atoms with van der Waals surface area (Å²) in [4.78, 5) is 59.0. The average molecular weight is 1650 g/mol. The van der Waals surface area contributed by atoms with Crippen molar-refractivity contribution >= 4 is 33.6 Å². The summed E-state index contributed by atoms with van der Waals surface area (Å²) in [6, 6.07) is 0. The standard InChI is InChI=1S/C97H166O16P2/c1-4-7-10-13-16-19-22-25-28-31-34-37-39-41-43-44-45-46-48-50-51-54-56-59-62-65-68-71-74-77-80-83-95(100)107-86-92(98)87-109-114(103,104)110-88-93(99)89-111-115(105,106)112-91-94(113-97(102)85-82-79-76-73-70-67-64-61-58-53-36-33-30-27-24-21-18-15-12-9-6-3)90-108-96(101)84-81-78-75-72-69-66-63-60-57-55-52-49-47-42-40-38-35-32-29-26-23-20-17-14-11-8-5-2/h8,11,16-21,25-30,34-38,41-43,47,53,61,64,92-94,98-99H,4-7,9-10,12-15,22-24,31-33,39-40,44-46,48-52,54-60,62-63,65-91H2,1-3H3,(H,103,104)(H,105,106)/b11-8-,19-16-,20-17-,21-18-,28-25-,29-26-,30-27-,37-34-,38-35-,43-41-,47-42-,53-36-,64-61-. The summed E-state index contributed by atoms with van der Waals surface area (Å²) in [7, 11) is -9.82. The van der Waals surface area contributed by atoms with E-state index in [2.05, 4.69) is 179 Å². The predicted octanol–water partition coefficient (Wildman–Crippen LogP) is 28.1. The van der Waals surface area contributed by atoms with Gasteiger partial charge in [0.15, 0.2) is 6.10 Å². The maximum atomic E-state index is 13.1. The molecule has 18 heteroatoms. The molecule has 0 radical (unpaired) electrons. The highest BCUT2D eigenvalue weighted by atomic mass is 31.2. The molecule has 115 heavy (non-hydrogen) atoms. The highest BCUT2D eigenvalue weighted by Gasteiger charge is 2.29. The van der Waals surface area contributed by atoms with Crippen LogP contribution in [-0.2, 0) is 55.8 Å². The maximum Gasteiger partial charge on any atom is 0.472 e. The number of esters is 3. The van der Waals surface area contributed by atoms with Crippen LogP contribution >= 0.6 is 15.6 Å². The van der Waals surface area contributed by atoms with Crippen molar-refractivity contribution in [3.8, 4) is 0 Å². The number of unbranched alkanes of at least 4 members (excludes halogenated alkanes) is 37. The van der Waals surface area contributed by atoms with Gasteiger partial charge in [-0.05, 0) is 154 Å². The molecule has 0 aliphatic carbocycles. The zero-order chi connectivity index (χ0) is 83.6. The van der Waals surface area contributed by atoms with E-state index in [0.29, 0.717) is 19.3 Å². The Hall–Kier alpha value is -4.83. The van der Waals surface area contributed by atoms with Crippen LogP contribution in [0.4, 0.5) is 0 Å². The van der Waals surface area contributed by atoms with Crippen LogP contribution in [0.25, 0.3) is 0 Å². The topological polar surface area (TPSA) is 231 Å². The fourth-order valence-electron chi connectivity index (χ4n) is 12.3. The number of hydrogen-bond acceptors (Lipinski definition) is 14. The average Bonchev–Trinajstić information content (AvgIpc) is 0.900. The van der Waals surface area contributed by atoms with Crippen molar-refractivity contribution in [1.29, 1.82) is 0 Å². The first-order chi connectivity index (χ1) is 56.2. The second-order valence-electron chi connectivity index (χ2n) is 30.4. The molecule has 660 valence electrons. The molecule has 0 rings (SSSR count). The lowest BCUT2D eigenvalue weighted by Gasteiger charge is -2.21. The van der Waals surface area contributed by atoms with E-state index in [4.69, 9.17) is 32.3 Å². The lowest BCUT2D eigenvalue weighted by Crippen LogP contribution is -2.30. The number of allylic oxidation sites excluding steroid dienone is 26. The minimum atomic E-state index is -4.95. The van der Waals surface area contributed by atoms with Gasteiger partial charge in [-0.1, -0.05) is 365 Å². The smallest absolute Gasteiger partial charge is 0.463 e. The summed E-state index contributed by atoms with van der Waals surface area (Å²) in [6.45, 7) is 2.53. The van der Waals surface area contributed by atoms with Crippen LogP contribution in [0, 0.1) is 0 Å². The number of phosphoric acid groups is 2. The molecule has 0 saturated carbocycles. The van der Waals surface area contributed by atoms with E-state index in [0.717, 1.165) is 161 Å². The Labute approximate surface area is 701 Å². The highest BCUT2D eigenvalue weighted by Crippen LogP contribution is 2.45. The molecule has 0 heterocycles. The van der Waals surface area contributed by atoms with Gasteiger partial charge in [0, 0.05) is 19.3 Å². The number of carbonyl (C=O) groups is 3. The molecule has 5 unspecified atom stereocenters. The molecule has 0 bridgehead atoms. The second-order valence-corrected chi connectivity index (χ2v) is 33.3. The predicted molar refractivity (Wildman–Crippen MR) is 482 cm³/mol. The third-order valence-electron chi connectivity index (χ3n) is 19.2. The van der Waals surface area contributed by atoms with Crippen molar-refractivity contribution in [2.24, 2.45) is 0 Å². The second kappa shape index (κ2) is 88.5. The van der Waals surface area contributed by atoms with E-state index in [1.54, 1.807) is 0 Å². The van der Waals surface area contributed by atoms with E-state index in [1.165, 1.54) is 161 Å². The Balaban J connectivity index is 4.60. The SMILES string of the molecule is CC/C=C\C/C=C\C/C=C\C/C=C\C/C=C\CCCCCCCCCCCCCC(=O)OCC(COP(=O)(O)OCC(O)COP(=O)(O)OCC(O)COC(=O)CCCCCCCCCCCCCCCCC/C=C\C/C=C\C/C=C\C/C=C\CCCCC)OC(=O)CCCCCCC/C=C\C/C=C\C/C=C\C/C=C\CCCCC. The van der Waals surface area contributed by atoms with Gasteiger partial charge >= 0.3 is 33.6 Å². The van der Waals surface area contributed by atoms with E-state index in [-0.39, 0.29) is 19.3 Å². The lowest BCUT2D eigenvalue weighted by molar-refractivity contribution is -0.161. The van der Waals surface area contributed by atoms with Gasteiger partial charge < -0.3 is 34.2 Å². The molecular weight excluding hydrogens is 1480 g/mol. The van der Waals surface area contributed by atoms with Gasteiger partial charge in [-0.2, -0.15) is 0 Å². The Morgan fingerprint density at radius 3 is 0.730 bits per heavy atom. The van der Waals surface area contributed by atoms with Crippen molar-refractivity contribution in [2.45, 2.75) is 399 Å². The van der Waals surface area contributed by atoms with Gasteiger partial charge in [0.25, 0.3) is 0 Å². The minimum Gasteiger partial charge on any atom is -0.463 e. The Kier molecular flexibility index (Phi) is 84.7. The van der Waals surface area contributed by atoms with Crippen LogP contribution in [0.3, 0.4) is 0 Å². The molecule has 0 aromatic carbocycles. The Morgan fingerprint density at radius 1 is 0.252 bits per heavy atom. The van der Waals surface area contributed by atoms with Crippen molar-refractivity contribution in [2.75, 3.05) is 39.6 Å². The lowest BCUT2D eigenvalue weighted by atomic mass is 10.0. The molecule has 16 nitrogen and oxygen atoms in total. The normalized spacial score (nSPS) is 14.5. The van der Waals surface area contributed by atoms with E-state index < -0.39 is 91.5 Å². The van der Waals surface area contributed by atoms with Gasteiger partial charge in [-0.15, -0.1) is 0 Å². The third kappa shape index (κ3) is 89.8. The molecule has 0 saturated heterocycles. The zero-order valence-corrected chi connectivity index (χ0v) is 74.5. The van der Waals surface area contributed by atoms with E-state index >= 15 is 0 Å². The maximum absolute atomic E-state index is 13.1. The van der Waals surface area contributed by atoms with Crippen LogP contribution in [0.5, 0.6) is 0 Å². The number of aliphatic hydroxyl groups excluding tert-OH is 2. The molecule has 0 aliphatic heterocycles. The minimum absolute atomic E-state index is 0.0792. The molecule has 0 spiro atoms. The number of hydrogen-bond donors (Lipinski definition) is 4. The first-order valence-electron chi connectivity index (χ1n) is 45.8. The van der Waals surface area contributed by atoms with Crippen LogP contribution < -0.4 is 0 Å². The number of rotatable bonds is 86. The van der Waals surface area contributed by atoms with Crippen molar-refractivity contribution in [3.05, 3.63) is 158 Å². The Bertz CT molecular complexity index is 2720. The number of carbonyl (C=O) groups excluding carboxylic acids is 3. The first kappa shape index (κ1) is 110. The number of phosphoric ester groups is 2. The van der Waals surface area contributed by atoms with Crippen LogP contribution in [0.15, 0.2) is 158 Å². The zero-order valence-electron chi connectivity index (χ0n) is 72.7. The highest BCUT2D eigenvalue weighted by molar-refractivity contribution is 7.47. The summed E-state index contributed by atoms with van der Waals surface area (Å²) >= 11 is 0. The summed E-state index contributed by atoms with van der Waals surface area (Å²) in [5, 5.41) is 20.7. The van der Waals surface area contributed by atoms with Gasteiger partial charge in [-0.3, -0.25) is 32.5 Å². The summed E-state index contributed by atoms with van der Waals surface area (Å²) in [5.41, 5.74) is 0. The van der Waals surface area contributed by atoms with Crippen LogP contribution in [-0.4, -0.2) is 95.9 Å². The summed E-state index contributed by atoms with van der Waals surface area (Å²) < 4.78 is 61.5. The monoisotopic (exact) mass is 1650 g/mol. The molecule has 0 aliphatic rings. The third-order valence-corrected chi connectivity index (χ3v) is 21.1. The van der Waals surface area contributed by atoms with Gasteiger partial charge in [0.1, 0.15) is 25.4 Å². The van der Waals surface area contributed by atoms with E-state index in [1.807, 2.05) is 0 Å². The first-order valence-corrected chi connectivity index (χ1v) is 48.8. The van der Waals surface area contributed by atoms with Crippen LogP contribution in [0.2, 0.25) is 0 Å². The van der Waals surface area contributed by atoms with Crippen molar-refractivity contribution in [1.82, 2.24) is 0 Å². The largest absolute Gasteiger partial charge is 0.472 e. The van der Waals surface area contributed by atoms with E-state index in [9.17, 15) is 43.5 Å². The van der Waals surface area contributed by atoms with Crippen molar-refractivity contribution < 1.29 is 75.8 Å². The molecular formula is C97H166O16P2. The molecule has 0 aromatic heterocycles. The molecule has 0 aromatic rings. The Morgan fingerprint density at radius 2 is 0.461 bits per heavy atom. The molecule has 0 amide bonds. The van der Waals surface area contributed by atoms with Gasteiger partial charge in [-0.25, -0.2) is 9.13 Å². The van der Waals surface area contributed by atoms with Crippen LogP contribution in [0.1, 0.15) is 380 Å². The molecule has 5 atom stereocenters. The molecule has 4 N–H and O–H groups in total. The fraction of sp³-hybridized carbons (Fsp3) is 0.701. The van der Waals surface area contributed by atoms with Crippen molar-refractivity contribution in [3.63, 3.8) is 0 Å². The molecule has 0 fully saturated rings. The quantitative estimate of drug-likeness (QED) is 0.0146. The number of aliphatic hydroxyl groups is 2. The van der Waals surface area contributed by atoms with Gasteiger partial charge in [0.05, 0.1) is 26.4 Å². The number of ether oxygens (including phenoxy) is 3. The summed E-state index contributed by atoms with van der Waals surface area (Å²) in [6.07, 6.45) is 113. The van der Waals surface area contributed by atoms with Gasteiger partial charge in [0.2, 0.25) is 0 Å². The summed E-state index contributed by atoms with van der Waals surface area (Å²) in [5.74, 6) is -1.59.